The van der Waals surface area contributed by atoms with Gasteiger partial charge in [-0.15, -0.1) is 0 Å². The number of imidazole rings is 1. The van der Waals surface area contributed by atoms with Crippen molar-refractivity contribution in [1.29, 1.82) is 0 Å². The van der Waals surface area contributed by atoms with E-state index in [2.05, 4.69) is 101 Å². The second-order valence-corrected chi connectivity index (χ2v) is 19.3. The van der Waals surface area contributed by atoms with Crippen molar-refractivity contribution in [3.63, 3.8) is 0 Å². The number of aromatic hydroxyl groups is 1. The molecular formula is C59H63N3O. The molecule has 4 nitrogen and oxygen atoms in total. The first-order valence-electron chi connectivity index (χ1n) is 26.5. The summed E-state index contributed by atoms with van der Waals surface area (Å²) in [4.78, 5) is 10.3. The van der Waals surface area contributed by atoms with Crippen LogP contribution in [-0.4, -0.2) is 19.6 Å². The number of para-hydroxylation sites is 1. The molecule has 0 aliphatic heterocycles. The van der Waals surface area contributed by atoms with E-state index in [0.717, 1.165) is 61.3 Å². The zero-order chi connectivity index (χ0) is 53.6. The SMILES string of the molecule is [2H]C(C)(C)c1cc(-n2c(-c3cc(C)cc(C)c3O)nc3c(-c4cc(-c5cc(-c6ccc(C(C([2H])([2H])[2H])(C([2H])([2H])[2H])C([2H])([2H])[2H])cc6)ccn5)cc(C(C)(C)C)c4)cccc32)ccc1-c1ccccc1C(C)(C)C. The van der Waals surface area contributed by atoms with Crippen LogP contribution in [0.1, 0.15) is 129 Å². The molecule has 0 aliphatic rings. The Labute approximate surface area is 389 Å². The highest BCUT2D eigenvalue weighted by Gasteiger charge is 2.25. The Kier molecular flexibility index (Phi) is 8.30. The average Bonchev–Trinajstić information content (AvgIpc) is 3.68. The van der Waals surface area contributed by atoms with Gasteiger partial charge >= 0.3 is 0 Å². The Morgan fingerprint density at radius 1 is 0.603 bits per heavy atom. The summed E-state index contributed by atoms with van der Waals surface area (Å²) in [7, 11) is 0. The highest BCUT2D eigenvalue weighted by molar-refractivity contribution is 5.97. The highest BCUT2D eigenvalue weighted by Crippen LogP contribution is 2.43. The van der Waals surface area contributed by atoms with Crippen molar-refractivity contribution in [2.24, 2.45) is 0 Å². The summed E-state index contributed by atoms with van der Waals surface area (Å²) in [6, 6.07) is 40.4. The van der Waals surface area contributed by atoms with Gasteiger partial charge in [-0.25, -0.2) is 4.98 Å². The van der Waals surface area contributed by atoms with Crippen LogP contribution in [-0.2, 0) is 16.2 Å². The van der Waals surface area contributed by atoms with Gasteiger partial charge in [-0.2, -0.15) is 0 Å². The number of phenols is 1. The molecule has 0 atom stereocenters. The molecule has 0 fully saturated rings. The molecule has 4 heteroatoms. The smallest absolute Gasteiger partial charge is 0.149 e. The molecule has 63 heavy (non-hydrogen) atoms. The van der Waals surface area contributed by atoms with Gasteiger partial charge in [0.2, 0.25) is 0 Å². The second-order valence-electron chi connectivity index (χ2n) is 19.3. The number of phenolic OH excluding ortho intramolecular Hbond substituents is 1. The van der Waals surface area contributed by atoms with Gasteiger partial charge in [0.1, 0.15) is 11.6 Å². The van der Waals surface area contributed by atoms with Crippen LogP contribution >= 0.6 is 0 Å². The maximum Gasteiger partial charge on any atom is 0.149 e. The highest BCUT2D eigenvalue weighted by atomic mass is 16.3. The molecule has 0 amide bonds. The average molecular weight is 840 g/mol. The predicted molar refractivity (Wildman–Crippen MR) is 267 cm³/mol. The van der Waals surface area contributed by atoms with Crippen molar-refractivity contribution >= 4 is 11.0 Å². The van der Waals surface area contributed by atoms with Crippen LogP contribution in [0.15, 0.2) is 134 Å². The van der Waals surface area contributed by atoms with Gasteiger partial charge in [0.05, 0.1) is 22.3 Å². The van der Waals surface area contributed by atoms with Gasteiger partial charge in [-0.1, -0.05) is 155 Å². The summed E-state index contributed by atoms with van der Waals surface area (Å²) in [5.74, 6) is -0.321. The molecule has 320 valence electrons. The number of benzene rings is 6. The van der Waals surface area contributed by atoms with E-state index in [1.54, 1.807) is 24.4 Å². The molecule has 2 aromatic heterocycles. The van der Waals surface area contributed by atoms with Crippen LogP contribution < -0.4 is 0 Å². The number of fused-ring (bicyclic) bond motifs is 1. The topological polar surface area (TPSA) is 50.9 Å². The lowest BCUT2D eigenvalue weighted by atomic mass is 9.80. The molecule has 0 radical (unpaired) electrons. The van der Waals surface area contributed by atoms with Crippen molar-refractivity contribution in [1.82, 2.24) is 14.5 Å². The van der Waals surface area contributed by atoms with E-state index in [4.69, 9.17) is 22.3 Å². The molecule has 8 aromatic rings. The molecule has 2 heterocycles. The predicted octanol–water partition coefficient (Wildman–Crippen LogP) is 16.1. The fraction of sp³-hybridized carbons (Fsp3) is 0.288. The van der Waals surface area contributed by atoms with Crippen molar-refractivity contribution < 1.29 is 18.8 Å². The first kappa shape index (κ1) is 32.4. The zero-order valence-corrected chi connectivity index (χ0v) is 38.0. The summed E-state index contributed by atoms with van der Waals surface area (Å²) in [6.45, 7) is 10.6. The quantitative estimate of drug-likeness (QED) is 0.174. The molecule has 0 aliphatic carbocycles. The van der Waals surface area contributed by atoms with Gasteiger partial charge in [0.25, 0.3) is 0 Å². The van der Waals surface area contributed by atoms with E-state index in [0.29, 0.717) is 33.7 Å². The lowest BCUT2D eigenvalue weighted by molar-refractivity contribution is 0.472. The van der Waals surface area contributed by atoms with Crippen LogP contribution in [0.4, 0.5) is 0 Å². The van der Waals surface area contributed by atoms with Gasteiger partial charge in [0.15, 0.2) is 0 Å². The number of hydrogen-bond acceptors (Lipinski definition) is 3. The standard InChI is InChI=1S/C59H63N3O/c1-36(2)49-35-45(25-26-47(49)48-17-14-15-19-51(48)59(11,12)13)62-53-20-16-18-46(54(53)61-56(62)50-30-37(3)29-38(4)55(50)63)41-31-42(33-44(32-41)58(8,9)10)52-34-40(27-28-60-52)39-21-23-43(24-22-39)57(5,6)7/h14-36,63H,1-13H3/i5D3,6D3,7D3,36D. The Morgan fingerprint density at radius 3 is 2.02 bits per heavy atom. The van der Waals surface area contributed by atoms with Crippen LogP contribution in [0.2, 0.25) is 0 Å². The van der Waals surface area contributed by atoms with Gasteiger partial charge in [-0.3, -0.25) is 9.55 Å². The maximum absolute atomic E-state index is 11.8. The summed E-state index contributed by atoms with van der Waals surface area (Å²) in [5, 5.41) is 11.8. The number of aromatic nitrogens is 3. The van der Waals surface area contributed by atoms with E-state index >= 15 is 0 Å². The van der Waals surface area contributed by atoms with Crippen molar-refractivity contribution in [3.8, 4) is 67.5 Å². The number of pyridine rings is 1. The number of rotatable bonds is 7. The third kappa shape index (κ3) is 8.48. The van der Waals surface area contributed by atoms with Crippen LogP contribution in [0.3, 0.4) is 0 Å². The molecule has 0 saturated heterocycles. The normalized spacial score (nSPS) is 15.5. The van der Waals surface area contributed by atoms with E-state index in [-0.39, 0.29) is 22.1 Å². The van der Waals surface area contributed by atoms with Crippen LogP contribution in [0.25, 0.3) is 72.7 Å². The van der Waals surface area contributed by atoms with Crippen molar-refractivity contribution in [2.45, 2.75) is 112 Å². The Morgan fingerprint density at radius 2 is 1.32 bits per heavy atom. The lowest BCUT2D eigenvalue weighted by Crippen LogP contribution is -2.13. The number of nitrogens with zero attached hydrogens (tertiary/aromatic N) is 3. The van der Waals surface area contributed by atoms with E-state index in [1.807, 2.05) is 70.2 Å². The van der Waals surface area contributed by atoms with E-state index < -0.39 is 31.9 Å². The molecule has 0 bridgehead atoms. The number of hydrogen-bond donors (Lipinski definition) is 1. The Bertz CT molecular complexity index is 3360. The molecule has 0 saturated carbocycles. The molecule has 8 rings (SSSR count). The summed E-state index contributed by atoms with van der Waals surface area (Å²) in [6.07, 6.45) is 1.67. The first-order valence-corrected chi connectivity index (χ1v) is 21.5. The summed E-state index contributed by atoms with van der Waals surface area (Å²) >= 11 is 0. The summed E-state index contributed by atoms with van der Waals surface area (Å²) in [5.41, 5.74) is 10.3. The monoisotopic (exact) mass is 840 g/mol. The van der Waals surface area contributed by atoms with E-state index in [1.165, 1.54) is 17.7 Å². The maximum atomic E-state index is 11.8. The van der Waals surface area contributed by atoms with Gasteiger partial charge in [0, 0.05) is 36.7 Å². The minimum Gasteiger partial charge on any atom is -0.507 e. The number of aryl methyl sites for hydroxylation is 2. The van der Waals surface area contributed by atoms with Crippen molar-refractivity contribution in [2.75, 3.05) is 0 Å². The van der Waals surface area contributed by atoms with Crippen LogP contribution in [0.5, 0.6) is 5.75 Å². The van der Waals surface area contributed by atoms with Crippen molar-refractivity contribution in [3.05, 3.63) is 167 Å². The van der Waals surface area contributed by atoms with Gasteiger partial charge in [-0.05, 0) is 146 Å². The van der Waals surface area contributed by atoms with E-state index in [9.17, 15) is 6.48 Å². The molecule has 1 N–H and O–H groups in total. The lowest BCUT2D eigenvalue weighted by Gasteiger charge is -2.25. The second kappa shape index (κ2) is 16.1. The molecule has 0 spiro atoms. The third-order valence-electron chi connectivity index (χ3n) is 12.0. The molecule has 6 aromatic carbocycles. The van der Waals surface area contributed by atoms with Crippen LogP contribution in [0, 0.1) is 13.8 Å². The third-order valence-corrected chi connectivity index (χ3v) is 12.0. The minimum absolute atomic E-state index is 0.129. The summed E-state index contributed by atoms with van der Waals surface area (Å²) < 4.78 is 85.3. The largest absolute Gasteiger partial charge is 0.507 e. The fourth-order valence-electron chi connectivity index (χ4n) is 8.64. The Hall–Kier alpha value is -6.26. The first-order chi connectivity index (χ1) is 33.7. The van der Waals surface area contributed by atoms with Gasteiger partial charge < -0.3 is 5.11 Å². The molecular weight excluding hydrogens is 767 g/mol. The Balaban J connectivity index is 1.32. The zero-order valence-electron chi connectivity index (χ0n) is 48.0. The molecule has 0 unspecified atom stereocenters. The minimum atomic E-state index is -3.37. The fourth-order valence-corrected chi connectivity index (χ4v) is 8.64.